The van der Waals surface area contributed by atoms with E-state index in [4.69, 9.17) is 5.11 Å². The summed E-state index contributed by atoms with van der Waals surface area (Å²) in [5.41, 5.74) is 0. The van der Waals surface area contributed by atoms with Crippen LogP contribution in [0.25, 0.3) is 0 Å². The van der Waals surface area contributed by atoms with Crippen molar-refractivity contribution in [3.8, 4) is 0 Å². The fourth-order valence-corrected chi connectivity index (χ4v) is 1.56. The summed E-state index contributed by atoms with van der Waals surface area (Å²) in [4.78, 5) is 25.9. The van der Waals surface area contributed by atoms with Crippen LogP contribution in [0.2, 0.25) is 0 Å². The van der Waals surface area contributed by atoms with Gasteiger partial charge in [0.25, 0.3) is 0 Å². The van der Waals surface area contributed by atoms with Crippen LogP contribution in [-0.4, -0.2) is 52.6 Å². The molecular formula is C12H24N2O3. The summed E-state index contributed by atoms with van der Waals surface area (Å²) in [6, 6.07) is -0.119. The third-order valence-electron chi connectivity index (χ3n) is 2.41. The summed E-state index contributed by atoms with van der Waals surface area (Å²) < 4.78 is 0. The Morgan fingerprint density at radius 3 is 2.00 bits per heavy atom. The van der Waals surface area contributed by atoms with Gasteiger partial charge in [-0.05, 0) is 26.7 Å². The molecule has 0 aliphatic rings. The first-order valence-electron chi connectivity index (χ1n) is 6.06. The second kappa shape index (κ2) is 7.14. The molecule has 100 valence electrons. The molecule has 0 bridgehead atoms. The lowest BCUT2D eigenvalue weighted by Crippen LogP contribution is -2.49. The summed E-state index contributed by atoms with van der Waals surface area (Å²) in [6.45, 7) is 10.6. The summed E-state index contributed by atoms with van der Waals surface area (Å²) in [7, 11) is 0. The van der Waals surface area contributed by atoms with E-state index in [0.29, 0.717) is 19.0 Å². The fourth-order valence-electron chi connectivity index (χ4n) is 1.56. The molecule has 0 aliphatic carbocycles. The quantitative estimate of drug-likeness (QED) is 0.776. The largest absolute Gasteiger partial charge is 0.480 e. The number of nitrogens with zero attached hydrogens (tertiary/aromatic N) is 2. The Balaban J connectivity index is 4.72. The molecule has 1 N–H and O–H groups in total. The van der Waals surface area contributed by atoms with E-state index in [1.165, 1.54) is 4.90 Å². The van der Waals surface area contributed by atoms with Gasteiger partial charge in [-0.3, -0.25) is 4.79 Å². The highest BCUT2D eigenvalue weighted by Crippen LogP contribution is 2.08. The Bertz CT molecular complexity index is 264. The topological polar surface area (TPSA) is 60.9 Å². The summed E-state index contributed by atoms with van der Waals surface area (Å²) in [5, 5.41) is 8.75. The van der Waals surface area contributed by atoms with Crippen molar-refractivity contribution in [3.05, 3.63) is 0 Å². The molecule has 17 heavy (non-hydrogen) atoms. The Hall–Kier alpha value is -1.26. The molecule has 0 spiro atoms. The number of aliphatic carboxylic acids is 1. The van der Waals surface area contributed by atoms with E-state index in [1.807, 2.05) is 27.7 Å². The molecule has 0 aliphatic heterocycles. The van der Waals surface area contributed by atoms with Crippen LogP contribution in [0.3, 0.4) is 0 Å². The highest BCUT2D eigenvalue weighted by atomic mass is 16.4. The van der Waals surface area contributed by atoms with Gasteiger partial charge in [0.2, 0.25) is 0 Å². The number of hydrogen-bond acceptors (Lipinski definition) is 2. The van der Waals surface area contributed by atoms with Gasteiger partial charge >= 0.3 is 12.0 Å². The molecule has 0 aromatic carbocycles. The molecule has 0 heterocycles. The van der Waals surface area contributed by atoms with Crippen LogP contribution in [0, 0.1) is 5.92 Å². The second-order valence-electron chi connectivity index (χ2n) is 4.83. The predicted molar refractivity (Wildman–Crippen MR) is 67.0 cm³/mol. The van der Waals surface area contributed by atoms with Gasteiger partial charge in [0, 0.05) is 19.1 Å². The lowest BCUT2D eigenvalue weighted by Gasteiger charge is -2.33. The number of hydrogen-bond donors (Lipinski definition) is 1. The van der Waals surface area contributed by atoms with E-state index in [-0.39, 0.29) is 18.6 Å². The molecule has 0 atom stereocenters. The van der Waals surface area contributed by atoms with Crippen molar-refractivity contribution < 1.29 is 14.7 Å². The first-order chi connectivity index (χ1) is 7.79. The summed E-state index contributed by atoms with van der Waals surface area (Å²) >= 11 is 0. The zero-order valence-electron chi connectivity index (χ0n) is 11.4. The number of urea groups is 1. The number of likely N-dealkylation sites (N-methyl/N-ethyl adjacent to an activating group) is 1. The van der Waals surface area contributed by atoms with E-state index in [2.05, 4.69) is 0 Å². The minimum atomic E-state index is -0.978. The van der Waals surface area contributed by atoms with Gasteiger partial charge in [0.05, 0.1) is 0 Å². The van der Waals surface area contributed by atoms with Crippen LogP contribution in [0.15, 0.2) is 0 Å². The van der Waals surface area contributed by atoms with Gasteiger partial charge in [-0.25, -0.2) is 4.79 Å². The number of rotatable bonds is 6. The van der Waals surface area contributed by atoms with Crippen molar-refractivity contribution in [2.24, 2.45) is 5.92 Å². The maximum atomic E-state index is 12.2. The van der Waals surface area contributed by atoms with E-state index in [9.17, 15) is 9.59 Å². The number of carboxylic acids is 1. The van der Waals surface area contributed by atoms with Gasteiger partial charge in [0.15, 0.2) is 0 Å². The number of carboxylic acid groups (broad SMARTS) is 1. The molecule has 2 amide bonds. The highest BCUT2D eigenvalue weighted by molar-refractivity contribution is 5.80. The highest BCUT2D eigenvalue weighted by Gasteiger charge is 2.24. The van der Waals surface area contributed by atoms with Crippen molar-refractivity contribution in [2.75, 3.05) is 19.6 Å². The number of amides is 2. The molecule has 0 saturated carbocycles. The summed E-state index contributed by atoms with van der Waals surface area (Å²) in [5.74, 6) is -0.613. The van der Waals surface area contributed by atoms with Gasteiger partial charge in [-0.1, -0.05) is 13.8 Å². The predicted octanol–water partition coefficient (Wildman–Crippen LogP) is 1.88. The molecule has 0 aromatic heterocycles. The zero-order valence-corrected chi connectivity index (χ0v) is 11.4. The van der Waals surface area contributed by atoms with Crippen molar-refractivity contribution in [1.82, 2.24) is 9.80 Å². The second-order valence-corrected chi connectivity index (χ2v) is 4.83. The van der Waals surface area contributed by atoms with Crippen molar-refractivity contribution >= 4 is 12.0 Å². The molecule has 0 rings (SSSR count). The Morgan fingerprint density at radius 1 is 1.18 bits per heavy atom. The summed E-state index contributed by atoms with van der Waals surface area (Å²) in [6.07, 6.45) is 0. The van der Waals surface area contributed by atoms with E-state index >= 15 is 0 Å². The van der Waals surface area contributed by atoms with Crippen LogP contribution in [0.5, 0.6) is 0 Å². The van der Waals surface area contributed by atoms with Crippen molar-refractivity contribution in [3.63, 3.8) is 0 Å². The zero-order chi connectivity index (χ0) is 13.6. The molecule has 5 heteroatoms. The first kappa shape index (κ1) is 15.7. The van der Waals surface area contributed by atoms with Crippen LogP contribution in [-0.2, 0) is 4.79 Å². The standard InChI is InChI=1S/C12H24N2O3/c1-6-13(8-11(15)16)12(17)14(10(4)5)7-9(2)3/h9-10H,6-8H2,1-5H3,(H,15,16). The van der Waals surface area contributed by atoms with Crippen molar-refractivity contribution in [2.45, 2.75) is 40.7 Å². The minimum absolute atomic E-state index is 0.0766. The Morgan fingerprint density at radius 2 is 1.71 bits per heavy atom. The molecule has 0 saturated heterocycles. The number of carbonyl (C=O) groups is 2. The third-order valence-corrected chi connectivity index (χ3v) is 2.41. The molecule has 0 radical (unpaired) electrons. The third kappa shape index (κ3) is 5.56. The maximum Gasteiger partial charge on any atom is 0.323 e. The lowest BCUT2D eigenvalue weighted by molar-refractivity contribution is -0.137. The van der Waals surface area contributed by atoms with Crippen LogP contribution < -0.4 is 0 Å². The van der Waals surface area contributed by atoms with E-state index in [1.54, 1.807) is 11.8 Å². The Kier molecular flexibility index (Phi) is 6.61. The fraction of sp³-hybridized carbons (Fsp3) is 0.833. The minimum Gasteiger partial charge on any atom is -0.480 e. The smallest absolute Gasteiger partial charge is 0.323 e. The van der Waals surface area contributed by atoms with Gasteiger partial charge < -0.3 is 14.9 Å². The average molecular weight is 244 g/mol. The Labute approximate surface area is 103 Å². The molecule has 5 nitrogen and oxygen atoms in total. The van der Waals surface area contributed by atoms with Gasteiger partial charge in [0.1, 0.15) is 6.54 Å². The average Bonchev–Trinajstić information content (AvgIpc) is 2.20. The SMILES string of the molecule is CCN(CC(=O)O)C(=O)N(CC(C)C)C(C)C. The first-order valence-corrected chi connectivity index (χ1v) is 6.06. The van der Waals surface area contributed by atoms with Gasteiger partial charge in [-0.2, -0.15) is 0 Å². The maximum absolute atomic E-state index is 12.2. The number of carbonyl (C=O) groups excluding carboxylic acids is 1. The molecule has 0 aromatic rings. The lowest BCUT2D eigenvalue weighted by atomic mass is 10.2. The molecule has 0 unspecified atom stereocenters. The van der Waals surface area contributed by atoms with Crippen LogP contribution >= 0.6 is 0 Å². The van der Waals surface area contributed by atoms with Crippen molar-refractivity contribution in [1.29, 1.82) is 0 Å². The molecular weight excluding hydrogens is 220 g/mol. The van der Waals surface area contributed by atoms with Crippen LogP contribution in [0.1, 0.15) is 34.6 Å². The molecule has 0 fully saturated rings. The van der Waals surface area contributed by atoms with Crippen LogP contribution in [0.4, 0.5) is 4.79 Å². The van der Waals surface area contributed by atoms with Gasteiger partial charge in [-0.15, -0.1) is 0 Å². The normalized spacial score (nSPS) is 10.8. The van der Waals surface area contributed by atoms with E-state index < -0.39 is 5.97 Å². The van der Waals surface area contributed by atoms with E-state index in [0.717, 1.165) is 0 Å². The monoisotopic (exact) mass is 244 g/mol.